The Morgan fingerprint density at radius 1 is 1.71 bits per heavy atom. The van der Waals surface area contributed by atoms with Crippen LogP contribution in [0, 0.1) is 11.3 Å². The zero-order valence-electron chi connectivity index (χ0n) is 8.14. The maximum absolute atomic E-state index is 8.68. The van der Waals surface area contributed by atoms with Crippen molar-refractivity contribution in [2.24, 2.45) is 12.8 Å². The molecule has 14 heavy (non-hydrogen) atoms. The SMILES string of the molecule is Cn1nnnc1SCCC(C)(N)C#N. The fraction of sp³-hybridized carbons (Fsp3) is 0.714. The number of nitriles is 1. The molecule has 0 spiro atoms. The second-order valence-corrected chi connectivity index (χ2v) is 4.27. The van der Waals surface area contributed by atoms with Gasteiger partial charge in [-0.3, -0.25) is 0 Å². The largest absolute Gasteiger partial charge is 0.314 e. The van der Waals surface area contributed by atoms with Gasteiger partial charge in [0.1, 0.15) is 5.54 Å². The first-order valence-electron chi connectivity index (χ1n) is 4.10. The van der Waals surface area contributed by atoms with E-state index in [0.717, 1.165) is 10.9 Å². The summed E-state index contributed by atoms with van der Waals surface area (Å²) in [5, 5.41) is 20.4. The molecule has 1 aromatic rings. The van der Waals surface area contributed by atoms with Crippen molar-refractivity contribution in [1.29, 1.82) is 5.26 Å². The van der Waals surface area contributed by atoms with Crippen molar-refractivity contribution in [2.75, 3.05) is 5.75 Å². The molecular weight excluding hydrogens is 200 g/mol. The Kier molecular flexibility index (Phi) is 3.43. The third kappa shape index (κ3) is 2.97. The molecule has 1 aromatic heterocycles. The number of aromatic nitrogens is 4. The molecule has 76 valence electrons. The van der Waals surface area contributed by atoms with Gasteiger partial charge in [-0.1, -0.05) is 11.8 Å². The van der Waals surface area contributed by atoms with Gasteiger partial charge in [-0.25, -0.2) is 4.68 Å². The lowest BCUT2D eigenvalue weighted by Crippen LogP contribution is -2.34. The van der Waals surface area contributed by atoms with Crippen LogP contribution in [0.3, 0.4) is 0 Å². The summed E-state index contributed by atoms with van der Waals surface area (Å²) in [6.45, 7) is 1.71. The van der Waals surface area contributed by atoms with Crippen molar-refractivity contribution in [1.82, 2.24) is 20.2 Å². The Hall–Kier alpha value is -1.13. The van der Waals surface area contributed by atoms with Crippen LogP contribution in [0.25, 0.3) is 0 Å². The lowest BCUT2D eigenvalue weighted by molar-refractivity contribution is 0.582. The number of nitrogens with zero attached hydrogens (tertiary/aromatic N) is 5. The highest BCUT2D eigenvalue weighted by Crippen LogP contribution is 2.16. The minimum Gasteiger partial charge on any atom is -0.314 e. The third-order valence-corrected chi connectivity index (χ3v) is 2.70. The number of hydrogen-bond acceptors (Lipinski definition) is 6. The summed E-state index contributed by atoms with van der Waals surface area (Å²) >= 11 is 1.49. The molecular formula is C7H12N6S. The number of hydrogen-bond donors (Lipinski definition) is 1. The molecule has 0 radical (unpaired) electrons. The first kappa shape index (κ1) is 10.9. The van der Waals surface area contributed by atoms with E-state index in [1.54, 1.807) is 18.7 Å². The van der Waals surface area contributed by atoms with Crippen LogP contribution < -0.4 is 5.73 Å². The van der Waals surface area contributed by atoms with Gasteiger partial charge in [-0.05, 0) is 23.8 Å². The van der Waals surface area contributed by atoms with E-state index in [1.165, 1.54) is 11.8 Å². The lowest BCUT2D eigenvalue weighted by atomic mass is 10.0. The predicted molar refractivity (Wildman–Crippen MR) is 52.3 cm³/mol. The summed E-state index contributed by atoms with van der Waals surface area (Å²) < 4.78 is 1.59. The van der Waals surface area contributed by atoms with Gasteiger partial charge in [-0.2, -0.15) is 5.26 Å². The molecule has 0 aliphatic carbocycles. The Morgan fingerprint density at radius 2 is 2.43 bits per heavy atom. The second-order valence-electron chi connectivity index (χ2n) is 3.21. The molecule has 1 rings (SSSR count). The number of nitrogens with two attached hydrogens (primary N) is 1. The molecule has 0 amide bonds. The van der Waals surface area contributed by atoms with Crippen LogP contribution in [0.1, 0.15) is 13.3 Å². The molecule has 0 saturated heterocycles. The predicted octanol–water partition coefficient (Wildman–Crippen LogP) is -0.0667. The number of thioether (sulfide) groups is 1. The van der Waals surface area contributed by atoms with Gasteiger partial charge in [0.05, 0.1) is 6.07 Å². The summed E-state index contributed by atoms with van der Waals surface area (Å²) in [5.41, 5.74) is 4.90. The fourth-order valence-corrected chi connectivity index (χ4v) is 1.78. The number of tetrazole rings is 1. The van der Waals surface area contributed by atoms with E-state index >= 15 is 0 Å². The topological polar surface area (TPSA) is 93.4 Å². The summed E-state index contributed by atoms with van der Waals surface area (Å²) in [6.07, 6.45) is 0.612. The molecule has 0 aromatic carbocycles. The third-order valence-electron chi connectivity index (χ3n) is 1.69. The normalized spacial score (nSPS) is 14.7. The Balaban J connectivity index is 2.37. The van der Waals surface area contributed by atoms with E-state index in [0.29, 0.717) is 6.42 Å². The molecule has 0 saturated carbocycles. The van der Waals surface area contributed by atoms with Crippen LogP contribution in [0.2, 0.25) is 0 Å². The van der Waals surface area contributed by atoms with Gasteiger partial charge in [0.15, 0.2) is 0 Å². The van der Waals surface area contributed by atoms with Crippen LogP contribution >= 0.6 is 11.8 Å². The highest BCUT2D eigenvalue weighted by molar-refractivity contribution is 7.99. The minimum absolute atomic E-state index is 0.612. The molecule has 1 atom stereocenters. The van der Waals surface area contributed by atoms with Gasteiger partial charge in [-0.15, -0.1) is 5.10 Å². The van der Waals surface area contributed by atoms with Crippen molar-refractivity contribution in [3.05, 3.63) is 0 Å². The van der Waals surface area contributed by atoms with Crippen molar-refractivity contribution >= 4 is 11.8 Å². The van der Waals surface area contributed by atoms with Crippen molar-refractivity contribution in [2.45, 2.75) is 24.0 Å². The van der Waals surface area contributed by atoms with E-state index in [9.17, 15) is 0 Å². The average Bonchev–Trinajstić information content (AvgIpc) is 2.52. The molecule has 1 unspecified atom stereocenters. The highest BCUT2D eigenvalue weighted by Gasteiger charge is 2.17. The highest BCUT2D eigenvalue weighted by atomic mass is 32.2. The monoisotopic (exact) mass is 212 g/mol. The van der Waals surface area contributed by atoms with Crippen LogP contribution in [0.15, 0.2) is 5.16 Å². The van der Waals surface area contributed by atoms with E-state index < -0.39 is 5.54 Å². The molecule has 6 nitrogen and oxygen atoms in total. The van der Waals surface area contributed by atoms with Gasteiger partial charge in [0, 0.05) is 12.8 Å². The quantitative estimate of drug-likeness (QED) is 0.702. The van der Waals surface area contributed by atoms with Crippen LogP contribution in [0.5, 0.6) is 0 Å². The van der Waals surface area contributed by atoms with E-state index in [1.807, 2.05) is 6.07 Å². The van der Waals surface area contributed by atoms with Crippen molar-refractivity contribution < 1.29 is 0 Å². The Labute approximate surface area is 86.5 Å². The fourth-order valence-electron chi connectivity index (χ4n) is 0.754. The van der Waals surface area contributed by atoms with Gasteiger partial charge in [0.2, 0.25) is 5.16 Å². The summed E-state index contributed by atoms with van der Waals surface area (Å²) in [6, 6.07) is 2.04. The maximum atomic E-state index is 8.68. The van der Waals surface area contributed by atoms with Crippen molar-refractivity contribution in [3.8, 4) is 6.07 Å². The molecule has 0 fully saturated rings. The van der Waals surface area contributed by atoms with E-state index in [2.05, 4.69) is 15.5 Å². The Morgan fingerprint density at radius 3 is 2.93 bits per heavy atom. The van der Waals surface area contributed by atoms with E-state index in [-0.39, 0.29) is 0 Å². The Bertz CT molecular complexity index is 338. The second kappa shape index (κ2) is 4.39. The van der Waals surface area contributed by atoms with Gasteiger partial charge < -0.3 is 5.73 Å². The maximum Gasteiger partial charge on any atom is 0.209 e. The average molecular weight is 212 g/mol. The van der Waals surface area contributed by atoms with Crippen LogP contribution in [-0.4, -0.2) is 31.5 Å². The number of rotatable bonds is 4. The van der Waals surface area contributed by atoms with Gasteiger partial charge in [0.25, 0.3) is 0 Å². The van der Waals surface area contributed by atoms with Crippen LogP contribution in [-0.2, 0) is 7.05 Å². The van der Waals surface area contributed by atoms with Gasteiger partial charge >= 0.3 is 0 Å². The van der Waals surface area contributed by atoms with E-state index in [4.69, 9.17) is 11.0 Å². The molecule has 2 N–H and O–H groups in total. The summed E-state index contributed by atoms with van der Waals surface area (Å²) in [5.74, 6) is 0.731. The lowest BCUT2D eigenvalue weighted by Gasteiger charge is -2.13. The molecule has 0 bridgehead atoms. The van der Waals surface area contributed by atoms with Crippen molar-refractivity contribution in [3.63, 3.8) is 0 Å². The zero-order chi connectivity index (χ0) is 10.6. The first-order valence-corrected chi connectivity index (χ1v) is 5.09. The molecule has 0 aliphatic rings. The standard InChI is InChI=1S/C7H12N6S/c1-7(9,5-8)3-4-14-6-10-11-12-13(6)2/h3-4,9H2,1-2H3. The number of aryl methyl sites for hydroxylation is 1. The molecule has 7 heteroatoms. The summed E-state index contributed by atoms with van der Waals surface area (Å²) in [4.78, 5) is 0. The minimum atomic E-state index is -0.765. The summed E-state index contributed by atoms with van der Waals surface area (Å²) in [7, 11) is 1.77. The molecule has 1 heterocycles. The zero-order valence-corrected chi connectivity index (χ0v) is 8.95. The van der Waals surface area contributed by atoms with Crippen LogP contribution in [0.4, 0.5) is 0 Å². The smallest absolute Gasteiger partial charge is 0.209 e. The molecule has 0 aliphatic heterocycles. The first-order chi connectivity index (χ1) is 6.55.